The van der Waals surface area contributed by atoms with Gasteiger partial charge in [0, 0.05) is 43.8 Å². The SMILES string of the molecule is CCN(CC)c1ccc(C=NNc2nc(-c3cccc(S(=O)(=O)N(C)C)c3)cs2)cc1. The lowest BCUT2D eigenvalue weighted by atomic mass is 10.2. The van der Waals surface area contributed by atoms with Crippen molar-refractivity contribution in [3.8, 4) is 11.3 Å². The fraction of sp³-hybridized carbons (Fsp3) is 0.273. The molecule has 0 bridgehead atoms. The van der Waals surface area contributed by atoms with E-state index in [1.807, 2.05) is 23.6 Å². The number of hydrazone groups is 1. The highest BCUT2D eigenvalue weighted by molar-refractivity contribution is 7.89. The van der Waals surface area contributed by atoms with Crippen LogP contribution < -0.4 is 10.3 Å². The van der Waals surface area contributed by atoms with Crippen molar-refractivity contribution < 1.29 is 8.42 Å². The third-order valence-electron chi connectivity index (χ3n) is 4.81. The van der Waals surface area contributed by atoms with Crippen molar-refractivity contribution in [3.63, 3.8) is 0 Å². The third kappa shape index (κ3) is 5.49. The molecule has 0 radical (unpaired) electrons. The molecule has 3 rings (SSSR count). The van der Waals surface area contributed by atoms with Crippen molar-refractivity contribution in [2.45, 2.75) is 18.7 Å². The molecule has 0 atom stereocenters. The highest BCUT2D eigenvalue weighted by Crippen LogP contribution is 2.27. The van der Waals surface area contributed by atoms with E-state index >= 15 is 0 Å². The predicted molar refractivity (Wildman–Crippen MR) is 130 cm³/mol. The summed E-state index contributed by atoms with van der Waals surface area (Å²) in [4.78, 5) is 7.04. The summed E-state index contributed by atoms with van der Waals surface area (Å²) in [6.07, 6.45) is 1.75. The van der Waals surface area contributed by atoms with Gasteiger partial charge in [-0.1, -0.05) is 24.3 Å². The van der Waals surface area contributed by atoms with Crippen LogP contribution in [0.5, 0.6) is 0 Å². The highest BCUT2D eigenvalue weighted by Gasteiger charge is 2.18. The number of sulfonamides is 1. The molecule has 1 aromatic heterocycles. The largest absolute Gasteiger partial charge is 0.372 e. The van der Waals surface area contributed by atoms with Crippen LogP contribution in [0.2, 0.25) is 0 Å². The second-order valence-electron chi connectivity index (χ2n) is 6.99. The van der Waals surface area contributed by atoms with Gasteiger partial charge in [0.2, 0.25) is 15.2 Å². The second-order valence-corrected chi connectivity index (χ2v) is 10.00. The number of nitrogens with zero attached hydrogens (tertiary/aromatic N) is 4. The average molecular weight is 458 g/mol. The van der Waals surface area contributed by atoms with Crippen LogP contribution in [-0.2, 0) is 10.0 Å². The van der Waals surface area contributed by atoms with Crippen molar-refractivity contribution in [3.05, 3.63) is 59.5 Å². The van der Waals surface area contributed by atoms with Crippen LogP contribution in [0.3, 0.4) is 0 Å². The number of thiazole rings is 1. The Morgan fingerprint density at radius 1 is 1.10 bits per heavy atom. The Hall–Kier alpha value is -2.75. The van der Waals surface area contributed by atoms with Crippen LogP contribution in [-0.4, -0.2) is 51.1 Å². The van der Waals surface area contributed by atoms with E-state index < -0.39 is 10.0 Å². The summed E-state index contributed by atoms with van der Waals surface area (Å²) in [7, 11) is -0.459. The number of aromatic nitrogens is 1. The molecule has 1 heterocycles. The Morgan fingerprint density at radius 3 is 2.45 bits per heavy atom. The van der Waals surface area contributed by atoms with Gasteiger partial charge in [0.05, 0.1) is 16.8 Å². The second kappa shape index (κ2) is 10.0. The summed E-state index contributed by atoms with van der Waals surface area (Å²) in [6, 6.07) is 15.0. The molecule has 0 amide bonds. The normalized spacial score (nSPS) is 11.9. The molecule has 3 aromatic rings. The smallest absolute Gasteiger partial charge is 0.242 e. The van der Waals surface area contributed by atoms with Gasteiger partial charge in [-0.15, -0.1) is 11.3 Å². The molecule has 9 heteroatoms. The quantitative estimate of drug-likeness (QED) is 0.382. The summed E-state index contributed by atoms with van der Waals surface area (Å²) in [5.74, 6) is 0. The Morgan fingerprint density at radius 2 is 1.81 bits per heavy atom. The van der Waals surface area contributed by atoms with E-state index in [2.05, 4.69) is 46.4 Å². The summed E-state index contributed by atoms with van der Waals surface area (Å²) >= 11 is 1.41. The molecule has 164 valence electrons. The lowest BCUT2D eigenvalue weighted by molar-refractivity contribution is 0.521. The maximum Gasteiger partial charge on any atom is 0.242 e. The maximum absolute atomic E-state index is 12.4. The fourth-order valence-corrected chi connectivity index (χ4v) is 4.62. The van der Waals surface area contributed by atoms with Crippen molar-refractivity contribution in [2.75, 3.05) is 37.5 Å². The van der Waals surface area contributed by atoms with E-state index in [9.17, 15) is 8.42 Å². The number of hydrogen-bond acceptors (Lipinski definition) is 7. The predicted octanol–water partition coefficient (Wildman–Crippen LogP) is 4.35. The van der Waals surface area contributed by atoms with Gasteiger partial charge < -0.3 is 4.90 Å². The van der Waals surface area contributed by atoms with Gasteiger partial charge in [-0.25, -0.2) is 17.7 Å². The molecule has 0 aliphatic heterocycles. The molecule has 0 unspecified atom stereocenters. The van der Waals surface area contributed by atoms with E-state index in [1.54, 1.807) is 24.4 Å². The molecule has 2 aromatic carbocycles. The first-order valence-corrected chi connectivity index (χ1v) is 12.3. The van der Waals surface area contributed by atoms with Gasteiger partial charge in [0.1, 0.15) is 0 Å². The molecule has 0 saturated heterocycles. The van der Waals surface area contributed by atoms with Crippen LogP contribution in [0.4, 0.5) is 10.8 Å². The minimum atomic E-state index is -3.49. The van der Waals surface area contributed by atoms with Gasteiger partial charge in [0.25, 0.3) is 0 Å². The molecule has 31 heavy (non-hydrogen) atoms. The zero-order chi connectivity index (χ0) is 22.4. The zero-order valence-corrected chi connectivity index (χ0v) is 19.7. The summed E-state index contributed by atoms with van der Waals surface area (Å²) < 4.78 is 25.9. The highest BCUT2D eigenvalue weighted by atomic mass is 32.2. The fourth-order valence-electron chi connectivity index (χ4n) is 3.01. The first-order chi connectivity index (χ1) is 14.8. The Kier molecular flexibility index (Phi) is 7.42. The zero-order valence-electron chi connectivity index (χ0n) is 18.1. The van der Waals surface area contributed by atoms with Crippen LogP contribution in [0.1, 0.15) is 19.4 Å². The molecule has 0 fully saturated rings. The summed E-state index contributed by atoms with van der Waals surface area (Å²) in [6.45, 7) is 6.23. The summed E-state index contributed by atoms with van der Waals surface area (Å²) in [5, 5.41) is 6.77. The summed E-state index contributed by atoms with van der Waals surface area (Å²) in [5.41, 5.74) is 6.56. The average Bonchev–Trinajstić information content (AvgIpc) is 3.24. The number of nitrogens with one attached hydrogen (secondary N) is 1. The Balaban J connectivity index is 1.68. The third-order valence-corrected chi connectivity index (χ3v) is 7.37. The van der Waals surface area contributed by atoms with E-state index in [1.165, 1.54) is 35.4 Å². The molecule has 0 spiro atoms. The van der Waals surface area contributed by atoms with Crippen LogP contribution in [0.15, 0.2) is 63.9 Å². The number of anilines is 2. The van der Waals surface area contributed by atoms with Crippen LogP contribution in [0.25, 0.3) is 11.3 Å². The molecule has 0 saturated carbocycles. The number of benzene rings is 2. The van der Waals surface area contributed by atoms with E-state index in [0.29, 0.717) is 10.8 Å². The van der Waals surface area contributed by atoms with Gasteiger partial charge in [-0.05, 0) is 43.7 Å². The van der Waals surface area contributed by atoms with Crippen molar-refractivity contribution in [1.29, 1.82) is 0 Å². The monoisotopic (exact) mass is 457 g/mol. The lowest BCUT2D eigenvalue weighted by Crippen LogP contribution is -2.22. The van der Waals surface area contributed by atoms with Crippen molar-refractivity contribution >= 4 is 38.4 Å². The molecular formula is C22H27N5O2S2. The van der Waals surface area contributed by atoms with E-state index in [0.717, 1.165) is 24.2 Å². The standard InChI is InChI=1S/C22H27N5O2S2/c1-5-27(6-2)19-12-10-17(11-13-19)15-23-25-22-24-21(16-30-22)18-8-7-9-20(14-18)31(28,29)26(3)4/h7-16H,5-6H2,1-4H3,(H,24,25). The van der Waals surface area contributed by atoms with Gasteiger partial charge in [-0.2, -0.15) is 5.10 Å². The number of rotatable bonds is 9. The molecule has 7 nitrogen and oxygen atoms in total. The topological polar surface area (TPSA) is 77.9 Å². The van der Waals surface area contributed by atoms with Crippen LogP contribution in [0, 0.1) is 0 Å². The Labute approximate surface area is 188 Å². The minimum Gasteiger partial charge on any atom is -0.372 e. The maximum atomic E-state index is 12.4. The molecular weight excluding hydrogens is 430 g/mol. The van der Waals surface area contributed by atoms with E-state index in [4.69, 9.17) is 0 Å². The minimum absolute atomic E-state index is 0.240. The Bertz CT molecular complexity index is 1130. The number of hydrogen-bond donors (Lipinski definition) is 1. The van der Waals surface area contributed by atoms with Crippen molar-refractivity contribution in [1.82, 2.24) is 9.29 Å². The van der Waals surface area contributed by atoms with Crippen LogP contribution >= 0.6 is 11.3 Å². The van der Waals surface area contributed by atoms with Gasteiger partial charge >= 0.3 is 0 Å². The first-order valence-electron chi connectivity index (χ1n) is 9.97. The molecule has 1 N–H and O–H groups in total. The van der Waals surface area contributed by atoms with E-state index in [-0.39, 0.29) is 4.90 Å². The first kappa shape index (κ1) is 22.9. The van der Waals surface area contributed by atoms with Gasteiger partial charge in [-0.3, -0.25) is 5.43 Å². The molecule has 0 aliphatic carbocycles. The lowest BCUT2D eigenvalue weighted by Gasteiger charge is -2.20. The van der Waals surface area contributed by atoms with Crippen molar-refractivity contribution in [2.24, 2.45) is 5.10 Å². The van der Waals surface area contributed by atoms with Gasteiger partial charge in [0.15, 0.2) is 0 Å². The molecule has 0 aliphatic rings.